The third-order valence-corrected chi connectivity index (χ3v) is 1.86. The van der Waals surface area contributed by atoms with E-state index in [1.165, 1.54) is 18.3 Å². The van der Waals surface area contributed by atoms with Gasteiger partial charge in [0.25, 0.3) is 0 Å². The number of aromatic nitrogens is 1. The van der Waals surface area contributed by atoms with Crippen LogP contribution < -0.4 is 4.74 Å². The van der Waals surface area contributed by atoms with Gasteiger partial charge in [-0.1, -0.05) is 12.1 Å². The number of benzene rings is 1. The molecule has 14 heavy (non-hydrogen) atoms. The zero-order chi connectivity index (χ0) is 9.97. The molecule has 1 aromatic heterocycles. The van der Waals surface area contributed by atoms with Gasteiger partial charge in [-0.15, -0.1) is 0 Å². The highest BCUT2D eigenvalue weighted by molar-refractivity contribution is 9.10. The maximum Gasteiger partial charge on any atom is 0.400 e. The molecule has 72 valence electrons. The molecule has 0 aliphatic rings. The van der Waals surface area contributed by atoms with Gasteiger partial charge in [0.15, 0.2) is 16.2 Å². The molecule has 0 saturated carbocycles. The van der Waals surface area contributed by atoms with Crippen LogP contribution in [0, 0.1) is 5.82 Å². The minimum Gasteiger partial charge on any atom is -0.408 e. The number of nitrogens with zero attached hydrogens (tertiary/aromatic N) is 1. The molecule has 5 heteroatoms. The van der Waals surface area contributed by atoms with Gasteiger partial charge >= 0.3 is 6.08 Å². The van der Waals surface area contributed by atoms with Crippen molar-refractivity contribution in [2.75, 3.05) is 0 Å². The van der Waals surface area contributed by atoms with Crippen LogP contribution in [-0.2, 0) is 0 Å². The molecule has 0 radical (unpaired) electrons. The Morgan fingerprint density at radius 1 is 1.36 bits per heavy atom. The van der Waals surface area contributed by atoms with Crippen molar-refractivity contribution >= 4 is 15.9 Å². The normalized spacial score (nSPS) is 10.1. The minimum atomic E-state index is -0.457. The Labute approximate surface area is 87.6 Å². The SMILES string of the molecule is Fc1ccccc1Oc1ncc(Br)o1. The van der Waals surface area contributed by atoms with Crippen LogP contribution in [0.25, 0.3) is 0 Å². The number of para-hydroxylation sites is 1. The molecule has 0 N–H and O–H groups in total. The van der Waals surface area contributed by atoms with Gasteiger partial charge in [-0.3, -0.25) is 0 Å². The van der Waals surface area contributed by atoms with E-state index >= 15 is 0 Å². The second-order valence-corrected chi connectivity index (χ2v) is 3.24. The molecule has 3 nitrogen and oxygen atoms in total. The summed E-state index contributed by atoms with van der Waals surface area (Å²) in [6.45, 7) is 0. The minimum absolute atomic E-state index is 0.00183. The molecule has 2 aromatic rings. The van der Waals surface area contributed by atoms with E-state index in [0.717, 1.165) is 0 Å². The van der Waals surface area contributed by atoms with E-state index in [1.54, 1.807) is 12.1 Å². The number of hydrogen-bond acceptors (Lipinski definition) is 3. The van der Waals surface area contributed by atoms with Gasteiger partial charge in [0, 0.05) is 0 Å². The van der Waals surface area contributed by atoms with E-state index in [9.17, 15) is 4.39 Å². The number of rotatable bonds is 2. The molecule has 1 heterocycles. The van der Waals surface area contributed by atoms with E-state index in [2.05, 4.69) is 20.9 Å². The van der Waals surface area contributed by atoms with E-state index < -0.39 is 5.82 Å². The third kappa shape index (κ3) is 1.93. The first kappa shape index (κ1) is 9.21. The Morgan fingerprint density at radius 3 is 2.79 bits per heavy atom. The van der Waals surface area contributed by atoms with Crippen LogP contribution in [0.1, 0.15) is 0 Å². The fourth-order valence-corrected chi connectivity index (χ4v) is 1.15. The fourth-order valence-electron chi connectivity index (χ4n) is 0.908. The topological polar surface area (TPSA) is 35.3 Å². The predicted octanol–water partition coefficient (Wildman–Crippen LogP) is 3.37. The molecule has 0 aliphatic carbocycles. The molecule has 0 fully saturated rings. The number of oxazole rings is 1. The van der Waals surface area contributed by atoms with Crippen molar-refractivity contribution in [2.24, 2.45) is 0 Å². The highest BCUT2D eigenvalue weighted by Gasteiger charge is 2.07. The maximum absolute atomic E-state index is 13.1. The van der Waals surface area contributed by atoms with Crippen molar-refractivity contribution in [3.63, 3.8) is 0 Å². The third-order valence-electron chi connectivity index (χ3n) is 1.49. The molecule has 0 unspecified atom stereocenters. The summed E-state index contributed by atoms with van der Waals surface area (Å²) in [6.07, 6.45) is 1.43. The molecular formula is C9H5BrFNO2. The van der Waals surface area contributed by atoms with Crippen molar-refractivity contribution in [1.29, 1.82) is 0 Å². The summed E-state index contributed by atoms with van der Waals surface area (Å²) in [7, 11) is 0. The van der Waals surface area contributed by atoms with Gasteiger partial charge in [-0.2, -0.15) is 4.98 Å². The molecular weight excluding hydrogens is 253 g/mol. The van der Waals surface area contributed by atoms with Gasteiger partial charge in [-0.25, -0.2) is 4.39 Å². The standard InChI is InChI=1S/C9H5BrFNO2/c10-8-5-12-9(14-8)13-7-4-2-1-3-6(7)11/h1-5H. The first-order chi connectivity index (χ1) is 6.75. The smallest absolute Gasteiger partial charge is 0.400 e. The van der Waals surface area contributed by atoms with Crippen LogP contribution >= 0.6 is 15.9 Å². The second-order valence-electron chi connectivity index (χ2n) is 2.46. The lowest BCUT2D eigenvalue weighted by Crippen LogP contribution is -1.86. The lowest BCUT2D eigenvalue weighted by molar-refractivity contribution is 0.312. The largest absolute Gasteiger partial charge is 0.408 e. The first-order valence-corrected chi connectivity index (χ1v) is 4.59. The van der Waals surface area contributed by atoms with Crippen LogP contribution in [0.15, 0.2) is 39.5 Å². The molecule has 0 aliphatic heterocycles. The highest BCUT2D eigenvalue weighted by Crippen LogP contribution is 2.25. The maximum atomic E-state index is 13.1. The summed E-state index contributed by atoms with van der Waals surface area (Å²) < 4.78 is 23.5. The molecule has 0 atom stereocenters. The summed E-state index contributed by atoms with van der Waals surface area (Å²) in [5.41, 5.74) is 0. The van der Waals surface area contributed by atoms with Crippen LogP contribution in [0.4, 0.5) is 4.39 Å². The number of hydrogen-bond donors (Lipinski definition) is 0. The van der Waals surface area contributed by atoms with E-state index in [4.69, 9.17) is 9.15 Å². The fraction of sp³-hybridized carbons (Fsp3) is 0. The van der Waals surface area contributed by atoms with E-state index in [1.807, 2.05) is 0 Å². The van der Waals surface area contributed by atoms with E-state index in [0.29, 0.717) is 4.67 Å². The van der Waals surface area contributed by atoms with Gasteiger partial charge in [0.2, 0.25) is 0 Å². The molecule has 0 bridgehead atoms. The summed E-state index contributed by atoms with van der Waals surface area (Å²) in [4.78, 5) is 3.75. The van der Waals surface area contributed by atoms with Crippen molar-refractivity contribution in [1.82, 2.24) is 4.98 Å². The van der Waals surface area contributed by atoms with Crippen LogP contribution in [-0.4, -0.2) is 4.98 Å². The molecule has 2 rings (SSSR count). The summed E-state index contributed by atoms with van der Waals surface area (Å²) in [5.74, 6) is -0.372. The van der Waals surface area contributed by atoms with Gasteiger partial charge in [0.05, 0.1) is 6.20 Å². The van der Waals surface area contributed by atoms with Gasteiger partial charge in [0.1, 0.15) is 0 Å². The molecule has 0 spiro atoms. The Bertz CT molecular complexity index is 444. The van der Waals surface area contributed by atoms with Crippen molar-refractivity contribution in [2.45, 2.75) is 0 Å². The molecule has 1 aromatic carbocycles. The van der Waals surface area contributed by atoms with Crippen molar-refractivity contribution < 1.29 is 13.5 Å². The summed E-state index contributed by atoms with van der Waals surface area (Å²) in [6, 6.07) is 6.03. The Kier molecular flexibility index (Phi) is 2.49. The Morgan fingerprint density at radius 2 is 2.14 bits per heavy atom. The average Bonchev–Trinajstić information content (AvgIpc) is 2.56. The highest BCUT2D eigenvalue weighted by atomic mass is 79.9. The zero-order valence-electron chi connectivity index (χ0n) is 6.91. The molecule has 0 amide bonds. The average molecular weight is 258 g/mol. The van der Waals surface area contributed by atoms with Crippen LogP contribution in [0.2, 0.25) is 0 Å². The van der Waals surface area contributed by atoms with Crippen LogP contribution in [0.5, 0.6) is 11.8 Å². The quantitative estimate of drug-likeness (QED) is 0.828. The lowest BCUT2D eigenvalue weighted by atomic mass is 10.3. The summed E-state index contributed by atoms with van der Waals surface area (Å²) >= 11 is 3.06. The zero-order valence-corrected chi connectivity index (χ0v) is 8.49. The monoisotopic (exact) mass is 257 g/mol. The van der Waals surface area contributed by atoms with Crippen molar-refractivity contribution in [3.8, 4) is 11.8 Å². The summed E-state index contributed by atoms with van der Waals surface area (Å²) in [5, 5.41) is 0. The Balaban J connectivity index is 2.23. The van der Waals surface area contributed by atoms with Gasteiger partial charge < -0.3 is 9.15 Å². The number of halogens is 2. The predicted molar refractivity (Wildman–Crippen MR) is 50.7 cm³/mol. The Hall–Kier alpha value is -1.36. The van der Waals surface area contributed by atoms with E-state index in [-0.39, 0.29) is 11.8 Å². The molecule has 0 saturated heterocycles. The van der Waals surface area contributed by atoms with Crippen LogP contribution in [0.3, 0.4) is 0 Å². The lowest BCUT2D eigenvalue weighted by Gasteiger charge is -2.00. The van der Waals surface area contributed by atoms with Gasteiger partial charge in [-0.05, 0) is 28.1 Å². The second kappa shape index (κ2) is 3.79. The number of ether oxygens (including phenoxy) is 1. The first-order valence-electron chi connectivity index (χ1n) is 3.79. The van der Waals surface area contributed by atoms with Crippen molar-refractivity contribution in [3.05, 3.63) is 40.9 Å².